The Morgan fingerprint density at radius 3 is 2.53 bits per heavy atom. The number of aliphatic carboxylic acids is 1. The molecule has 0 aromatic carbocycles. The van der Waals surface area contributed by atoms with Crippen LogP contribution >= 0.6 is 0 Å². The summed E-state index contributed by atoms with van der Waals surface area (Å²) in [6.45, 7) is 0. The fraction of sp³-hybridized carbons (Fsp3) is 0.714. The molecule has 0 aromatic heterocycles. The summed E-state index contributed by atoms with van der Waals surface area (Å²) in [5.41, 5.74) is 5.74. The molecule has 1 saturated carbocycles. The number of rotatable bonds is 3. The van der Waals surface area contributed by atoms with Gasteiger partial charge in [-0.15, -0.1) is 0 Å². The molecule has 2 aliphatic rings. The van der Waals surface area contributed by atoms with Gasteiger partial charge >= 0.3 is 5.97 Å². The highest BCUT2D eigenvalue weighted by atomic mass is 16.4. The minimum absolute atomic E-state index is 0.0554. The molecule has 0 aromatic rings. The Bertz CT molecular complexity index is 381. The Kier molecular flexibility index (Phi) is 4.58. The Hall–Kier alpha value is -1.36. The van der Waals surface area contributed by atoms with E-state index in [0.29, 0.717) is 12.8 Å². The van der Waals surface area contributed by atoms with Gasteiger partial charge in [-0.3, -0.25) is 9.59 Å². The van der Waals surface area contributed by atoms with E-state index in [2.05, 4.69) is 5.32 Å². The van der Waals surface area contributed by atoms with Crippen molar-refractivity contribution in [3.8, 4) is 0 Å². The first kappa shape index (κ1) is 14.1. The van der Waals surface area contributed by atoms with E-state index < -0.39 is 11.9 Å². The lowest BCUT2D eigenvalue weighted by Crippen LogP contribution is -2.45. The standard InChI is InChI=1S/C14H22N2O3/c15-10-7-6-9(8-10)13(17)16-12-5-3-1-2-4-11(12)14(18)19/h6-7,9-12H,1-5,8,15H2,(H,16,17)(H,18,19). The van der Waals surface area contributed by atoms with Crippen molar-refractivity contribution in [1.29, 1.82) is 0 Å². The molecule has 2 rings (SSSR count). The van der Waals surface area contributed by atoms with Crippen LogP contribution in [0.1, 0.15) is 38.5 Å². The van der Waals surface area contributed by atoms with Crippen LogP contribution in [0, 0.1) is 11.8 Å². The molecular formula is C14H22N2O3. The second-order valence-corrected chi connectivity index (χ2v) is 5.59. The molecule has 1 fully saturated rings. The molecule has 5 heteroatoms. The van der Waals surface area contributed by atoms with Crippen LogP contribution in [0.5, 0.6) is 0 Å². The summed E-state index contributed by atoms with van der Waals surface area (Å²) in [5.74, 6) is -1.54. The molecule has 0 bridgehead atoms. The molecule has 0 radical (unpaired) electrons. The second kappa shape index (κ2) is 6.19. The van der Waals surface area contributed by atoms with Crippen LogP contribution in [0.2, 0.25) is 0 Å². The molecule has 106 valence electrons. The molecule has 0 aliphatic heterocycles. The van der Waals surface area contributed by atoms with Gasteiger partial charge in [-0.2, -0.15) is 0 Å². The Morgan fingerprint density at radius 2 is 1.89 bits per heavy atom. The Morgan fingerprint density at radius 1 is 1.16 bits per heavy atom. The van der Waals surface area contributed by atoms with Crippen molar-refractivity contribution in [1.82, 2.24) is 5.32 Å². The van der Waals surface area contributed by atoms with Crippen molar-refractivity contribution in [2.45, 2.75) is 50.6 Å². The van der Waals surface area contributed by atoms with Gasteiger partial charge in [0.05, 0.1) is 11.8 Å². The van der Waals surface area contributed by atoms with Gasteiger partial charge in [0.1, 0.15) is 0 Å². The molecular weight excluding hydrogens is 244 g/mol. The Balaban J connectivity index is 1.96. The van der Waals surface area contributed by atoms with Gasteiger partial charge in [-0.05, 0) is 19.3 Å². The number of carboxylic acid groups (broad SMARTS) is 1. The van der Waals surface area contributed by atoms with Crippen molar-refractivity contribution >= 4 is 11.9 Å². The predicted molar refractivity (Wildman–Crippen MR) is 71.4 cm³/mol. The monoisotopic (exact) mass is 266 g/mol. The highest BCUT2D eigenvalue weighted by Gasteiger charge is 2.32. The van der Waals surface area contributed by atoms with Crippen molar-refractivity contribution in [3.05, 3.63) is 12.2 Å². The zero-order valence-corrected chi connectivity index (χ0v) is 11.0. The van der Waals surface area contributed by atoms with Gasteiger partial charge < -0.3 is 16.2 Å². The fourth-order valence-corrected chi connectivity index (χ4v) is 2.99. The van der Waals surface area contributed by atoms with E-state index in [4.69, 9.17) is 5.73 Å². The zero-order valence-electron chi connectivity index (χ0n) is 11.0. The molecule has 2 aliphatic carbocycles. The second-order valence-electron chi connectivity index (χ2n) is 5.59. The number of hydrogen-bond donors (Lipinski definition) is 3. The number of nitrogens with one attached hydrogen (secondary N) is 1. The topological polar surface area (TPSA) is 92.4 Å². The average Bonchev–Trinajstić information content (AvgIpc) is 2.65. The molecule has 4 N–H and O–H groups in total. The summed E-state index contributed by atoms with van der Waals surface area (Å²) in [6.07, 6.45) is 8.65. The minimum Gasteiger partial charge on any atom is -0.481 e. The van der Waals surface area contributed by atoms with Crippen LogP contribution in [0.25, 0.3) is 0 Å². The maximum absolute atomic E-state index is 12.1. The number of nitrogens with two attached hydrogens (primary N) is 1. The van der Waals surface area contributed by atoms with Crippen LogP contribution in [0.3, 0.4) is 0 Å². The quantitative estimate of drug-likeness (QED) is 0.525. The average molecular weight is 266 g/mol. The molecule has 19 heavy (non-hydrogen) atoms. The summed E-state index contributed by atoms with van der Waals surface area (Å²) in [7, 11) is 0. The number of hydrogen-bond acceptors (Lipinski definition) is 3. The molecule has 0 heterocycles. The maximum Gasteiger partial charge on any atom is 0.308 e. The first-order valence-electron chi connectivity index (χ1n) is 7.05. The van der Waals surface area contributed by atoms with Crippen LogP contribution in [0.15, 0.2) is 12.2 Å². The summed E-state index contributed by atoms with van der Waals surface area (Å²) in [4.78, 5) is 23.4. The summed E-state index contributed by atoms with van der Waals surface area (Å²) >= 11 is 0. The lowest BCUT2D eigenvalue weighted by atomic mass is 9.94. The van der Waals surface area contributed by atoms with Crippen molar-refractivity contribution in [3.63, 3.8) is 0 Å². The van der Waals surface area contributed by atoms with Crippen LogP contribution < -0.4 is 11.1 Å². The van der Waals surface area contributed by atoms with E-state index in [1.54, 1.807) is 0 Å². The lowest BCUT2D eigenvalue weighted by Gasteiger charge is -2.24. The normalized spacial score (nSPS) is 34.8. The van der Waals surface area contributed by atoms with E-state index >= 15 is 0 Å². The van der Waals surface area contributed by atoms with Crippen molar-refractivity contribution in [2.24, 2.45) is 17.6 Å². The summed E-state index contributed by atoms with van der Waals surface area (Å²) < 4.78 is 0. The van der Waals surface area contributed by atoms with E-state index in [-0.39, 0.29) is 23.9 Å². The van der Waals surface area contributed by atoms with Gasteiger partial charge in [-0.1, -0.05) is 31.4 Å². The lowest BCUT2D eigenvalue weighted by molar-refractivity contribution is -0.143. The highest BCUT2D eigenvalue weighted by molar-refractivity contribution is 5.82. The first-order chi connectivity index (χ1) is 9.08. The number of amides is 1. The third-order valence-electron chi connectivity index (χ3n) is 4.11. The van der Waals surface area contributed by atoms with E-state index in [9.17, 15) is 14.7 Å². The molecule has 0 spiro atoms. The third-order valence-corrected chi connectivity index (χ3v) is 4.11. The van der Waals surface area contributed by atoms with Gasteiger partial charge in [0.25, 0.3) is 0 Å². The molecule has 4 unspecified atom stereocenters. The maximum atomic E-state index is 12.1. The minimum atomic E-state index is -0.800. The first-order valence-corrected chi connectivity index (χ1v) is 7.05. The van der Waals surface area contributed by atoms with Gasteiger partial charge in [-0.25, -0.2) is 0 Å². The highest BCUT2D eigenvalue weighted by Crippen LogP contribution is 2.25. The summed E-state index contributed by atoms with van der Waals surface area (Å²) in [6, 6.07) is -0.294. The van der Waals surface area contributed by atoms with Crippen LogP contribution in [-0.2, 0) is 9.59 Å². The van der Waals surface area contributed by atoms with E-state index in [0.717, 1.165) is 25.7 Å². The summed E-state index contributed by atoms with van der Waals surface area (Å²) in [5, 5.41) is 12.2. The smallest absolute Gasteiger partial charge is 0.308 e. The number of carbonyl (C=O) groups excluding carboxylic acids is 1. The number of carboxylic acids is 1. The van der Waals surface area contributed by atoms with E-state index in [1.165, 1.54) is 0 Å². The van der Waals surface area contributed by atoms with Crippen molar-refractivity contribution in [2.75, 3.05) is 0 Å². The molecule has 1 amide bonds. The Labute approximate surface area is 113 Å². The van der Waals surface area contributed by atoms with Gasteiger partial charge in [0, 0.05) is 12.1 Å². The molecule has 5 nitrogen and oxygen atoms in total. The predicted octanol–water partition coefficient (Wildman–Crippen LogP) is 1.04. The largest absolute Gasteiger partial charge is 0.481 e. The molecule has 4 atom stereocenters. The SMILES string of the molecule is NC1C=CC(C(=O)NC2CCCCCC2C(=O)O)C1. The van der Waals surface area contributed by atoms with E-state index in [1.807, 2.05) is 12.2 Å². The fourth-order valence-electron chi connectivity index (χ4n) is 2.99. The van der Waals surface area contributed by atoms with Gasteiger partial charge in [0.2, 0.25) is 5.91 Å². The van der Waals surface area contributed by atoms with Crippen LogP contribution in [-0.4, -0.2) is 29.1 Å². The van der Waals surface area contributed by atoms with Crippen molar-refractivity contribution < 1.29 is 14.7 Å². The molecule has 0 saturated heterocycles. The zero-order chi connectivity index (χ0) is 13.8. The number of carbonyl (C=O) groups is 2. The van der Waals surface area contributed by atoms with Crippen LogP contribution in [0.4, 0.5) is 0 Å². The van der Waals surface area contributed by atoms with Gasteiger partial charge in [0.15, 0.2) is 0 Å². The third kappa shape index (κ3) is 3.56.